The predicted octanol–water partition coefficient (Wildman–Crippen LogP) is 1.91. The van der Waals surface area contributed by atoms with Gasteiger partial charge in [-0.2, -0.15) is 0 Å². The van der Waals surface area contributed by atoms with E-state index in [9.17, 15) is 0 Å². The summed E-state index contributed by atoms with van der Waals surface area (Å²) in [6, 6.07) is 0. The van der Waals surface area contributed by atoms with E-state index in [4.69, 9.17) is 0 Å². The van der Waals surface area contributed by atoms with E-state index < -0.39 is 0 Å². The Morgan fingerprint density at radius 1 is 1.78 bits per heavy atom. The molecule has 0 aliphatic carbocycles. The van der Waals surface area contributed by atoms with E-state index in [0.717, 1.165) is 12.5 Å². The maximum atomic E-state index is 3.37. The van der Waals surface area contributed by atoms with Gasteiger partial charge in [0.15, 0.2) is 0 Å². The van der Waals surface area contributed by atoms with Gasteiger partial charge in [-0.1, -0.05) is 19.9 Å². The third-order valence-corrected chi connectivity index (χ3v) is 1.98. The summed E-state index contributed by atoms with van der Waals surface area (Å²) < 4.78 is 0. The quantitative estimate of drug-likeness (QED) is 0.594. The highest BCUT2D eigenvalue weighted by Crippen LogP contribution is 2.14. The fourth-order valence-corrected chi connectivity index (χ4v) is 1.11. The summed E-state index contributed by atoms with van der Waals surface area (Å²) in [6.07, 6.45) is 4.78. The second-order valence-electron chi connectivity index (χ2n) is 2.68. The van der Waals surface area contributed by atoms with Crippen molar-refractivity contribution in [3.8, 4) is 0 Å². The Bertz CT molecular complexity index is 116. The Balaban J connectivity index is 2.40. The van der Waals surface area contributed by atoms with E-state index >= 15 is 0 Å². The Kier molecular flexibility index (Phi) is 2.15. The zero-order chi connectivity index (χ0) is 6.69. The van der Waals surface area contributed by atoms with E-state index in [-0.39, 0.29) is 0 Å². The first-order chi connectivity index (χ1) is 4.34. The average Bonchev–Trinajstić information content (AvgIpc) is 2.37. The molecule has 0 aromatic heterocycles. The summed E-state index contributed by atoms with van der Waals surface area (Å²) in [5.74, 6) is 0.743. The maximum absolute atomic E-state index is 3.37. The third kappa shape index (κ3) is 1.47. The van der Waals surface area contributed by atoms with E-state index in [2.05, 4.69) is 25.2 Å². The summed E-state index contributed by atoms with van der Waals surface area (Å²) >= 11 is 0. The van der Waals surface area contributed by atoms with E-state index in [0.29, 0.717) is 0 Å². The van der Waals surface area contributed by atoms with Crippen LogP contribution in [0.1, 0.15) is 26.7 Å². The fraction of sp³-hybridized carbons (Fsp3) is 0.750. The van der Waals surface area contributed by atoms with Gasteiger partial charge >= 0.3 is 0 Å². The van der Waals surface area contributed by atoms with Crippen molar-refractivity contribution in [3.63, 3.8) is 0 Å². The number of hydrogen-bond donors (Lipinski definition) is 1. The molecule has 0 bridgehead atoms. The van der Waals surface area contributed by atoms with Gasteiger partial charge in [-0.25, -0.2) is 0 Å². The molecule has 0 fully saturated rings. The standard InChI is InChI=1S/C8H15N/c1-3-7(2)8-5-4-6-9-8/h5,7,9H,3-4,6H2,1-2H3. The summed E-state index contributed by atoms with van der Waals surface area (Å²) in [4.78, 5) is 0. The van der Waals surface area contributed by atoms with Crippen molar-refractivity contribution >= 4 is 0 Å². The highest BCUT2D eigenvalue weighted by molar-refractivity contribution is 5.08. The van der Waals surface area contributed by atoms with E-state index in [1.807, 2.05) is 0 Å². The molecule has 9 heavy (non-hydrogen) atoms. The highest BCUT2D eigenvalue weighted by atomic mass is 14.9. The van der Waals surface area contributed by atoms with Crippen molar-refractivity contribution < 1.29 is 0 Å². The normalized spacial score (nSPS) is 20.9. The molecule has 52 valence electrons. The SMILES string of the molecule is CCC(C)C1=CCCN1. The molecule has 1 heteroatoms. The largest absolute Gasteiger partial charge is 0.388 e. The summed E-state index contributed by atoms with van der Waals surface area (Å²) in [6.45, 7) is 5.65. The van der Waals surface area contributed by atoms with Gasteiger partial charge in [0.25, 0.3) is 0 Å². The molecule has 1 N–H and O–H groups in total. The fourth-order valence-electron chi connectivity index (χ4n) is 1.11. The van der Waals surface area contributed by atoms with Gasteiger partial charge in [-0.3, -0.25) is 0 Å². The van der Waals surface area contributed by atoms with Crippen LogP contribution in [0.3, 0.4) is 0 Å². The average molecular weight is 125 g/mol. The van der Waals surface area contributed by atoms with Crippen molar-refractivity contribution in [1.29, 1.82) is 0 Å². The molecule has 0 saturated carbocycles. The van der Waals surface area contributed by atoms with Crippen LogP contribution in [0.25, 0.3) is 0 Å². The van der Waals surface area contributed by atoms with Crippen LogP contribution in [-0.2, 0) is 0 Å². The number of allylic oxidation sites excluding steroid dienone is 1. The summed E-state index contributed by atoms with van der Waals surface area (Å²) in [5.41, 5.74) is 1.46. The summed E-state index contributed by atoms with van der Waals surface area (Å²) in [7, 11) is 0. The van der Waals surface area contributed by atoms with Crippen molar-refractivity contribution in [2.75, 3.05) is 6.54 Å². The van der Waals surface area contributed by atoms with Gasteiger partial charge in [0.05, 0.1) is 0 Å². The molecule has 1 aliphatic heterocycles. The van der Waals surface area contributed by atoms with Gasteiger partial charge in [0, 0.05) is 12.2 Å². The van der Waals surface area contributed by atoms with Crippen LogP contribution in [0.4, 0.5) is 0 Å². The molecule has 0 aromatic rings. The second kappa shape index (κ2) is 2.90. The minimum absolute atomic E-state index is 0.743. The molecule has 1 rings (SSSR count). The van der Waals surface area contributed by atoms with Crippen molar-refractivity contribution in [3.05, 3.63) is 11.8 Å². The zero-order valence-corrected chi connectivity index (χ0v) is 6.28. The third-order valence-electron chi connectivity index (χ3n) is 1.98. The molecule has 1 aliphatic rings. The van der Waals surface area contributed by atoms with Crippen LogP contribution >= 0.6 is 0 Å². The monoisotopic (exact) mass is 125 g/mol. The van der Waals surface area contributed by atoms with Gasteiger partial charge in [-0.15, -0.1) is 0 Å². The molecule has 0 spiro atoms. The molecular weight excluding hydrogens is 110 g/mol. The molecule has 1 unspecified atom stereocenters. The number of hydrogen-bond acceptors (Lipinski definition) is 1. The molecule has 0 saturated heterocycles. The highest BCUT2D eigenvalue weighted by Gasteiger charge is 2.08. The van der Waals surface area contributed by atoms with Crippen LogP contribution in [0.2, 0.25) is 0 Å². The lowest BCUT2D eigenvalue weighted by atomic mass is 10.1. The molecular formula is C8H15N. The van der Waals surface area contributed by atoms with Crippen LogP contribution < -0.4 is 5.32 Å². The van der Waals surface area contributed by atoms with Gasteiger partial charge in [0.1, 0.15) is 0 Å². The lowest BCUT2D eigenvalue weighted by Crippen LogP contribution is -2.13. The Morgan fingerprint density at radius 2 is 2.56 bits per heavy atom. The Hall–Kier alpha value is -0.460. The maximum Gasteiger partial charge on any atom is 0.0179 e. The zero-order valence-electron chi connectivity index (χ0n) is 6.28. The Morgan fingerprint density at radius 3 is 3.00 bits per heavy atom. The van der Waals surface area contributed by atoms with Gasteiger partial charge in [0.2, 0.25) is 0 Å². The van der Waals surface area contributed by atoms with Crippen molar-refractivity contribution in [1.82, 2.24) is 5.32 Å². The minimum Gasteiger partial charge on any atom is -0.388 e. The smallest absolute Gasteiger partial charge is 0.0179 e. The van der Waals surface area contributed by atoms with Crippen LogP contribution in [-0.4, -0.2) is 6.54 Å². The molecule has 1 heterocycles. The van der Waals surface area contributed by atoms with Gasteiger partial charge in [-0.05, 0) is 18.8 Å². The van der Waals surface area contributed by atoms with Crippen molar-refractivity contribution in [2.24, 2.45) is 5.92 Å². The predicted molar refractivity (Wildman–Crippen MR) is 40.2 cm³/mol. The minimum atomic E-state index is 0.743. The summed E-state index contributed by atoms with van der Waals surface area (Å²) in [5, 5.41) is 3.37. The molecule has 1 atom stereocenters. The lowest BCUT2D eigenvalue weighted by molar-refractivity contribution is 0.611. The molecule has 0 aromatic carbocycles. The van der Waals surface area contributed by atoms with E-state index in [1.165, 1.54) is 18.5 Å². The molecule has 0 amide bonds. The first kappa shape index (κ1) is 6.66. The van der Waals surface area contributed by atoms with Crippen molar-refractivity contribution in [2.45, 2.75) is 26.7 Å². The first-order valence-electron chi connectivity index (χ1n) is 3.78. The number of nitrogens with one attached hydrogen (secondary N) is 1. The lowest BCUT2D eigenvalue weighted by Gasteiger charge is -2.09. The van der Waals surface area contributed by atoms with Crippen LogP contribution in [0.5, 0.6) is 0 Å². The topological polar surface area (TPSA) is 12.0 Å². The van der Waals surface area contributed by atoms with Crippen LogP contribution in [0.15, 0.2) is 11.8 Å². The molecule has 0 radical (unpaired) electrons. The first-order valence-corrected chi connectivity index (χ1v) is 3.78. The molecule has 1 nitrogen and oxygen atoms in total. The Labute approximate surface area is 57.1 Å². The second-order valence-corrected chi connectivity index (χ2v) is 2.68. The number of rotatable bonds is 2. The van der Waals surface area contributed by atoms with Crippen LogP contribution in [0, 0.1) is 5.92 Å². The van der Waals surface area contributed by atoms with E-state index in [1.54, 1.807) is 0 Å². The van der Waals surface area contributed by atoms with Gasteiger partial charge < -0.3 is 5.32 Å².